The van der Waals surface area contributed by atoms with E-state index in [1.807, 2.05) is 49.4 Å². The van der Waals surface area contributed by atoms with E-state index in [9.17, 15) is 9.90 Å². The quantitative estimate of drug-likeness (QED) is 0.509. The number of fused-ring (bicyclic) bond motifs is 1. The lowest BCUT2D eigenvalue weighted by molar-refractivity contribution is -0.127. The van der Waals surface area contributed by atoms with Gasteiger partial charge in [0.2, 0.25) is 0 Å². The Bertz CT molecular complexity index is 965. The molecule has 0 aliphatic carbocycles. The molecule has 5 heteroatoms. The van der Waals surface area contributed by atoms with Crippen molar-refractivity contribution in [2.24, 2.45) is 5.10 Å². The van der Waals surface area contributed by atoms with Crippen molar-refractivity contribution in [1.29, 1.82) is 0 Å². The molecular weight excluding hydrogens is 340 g/mol. The summed E-state index contributed by atoms with van der Waals surface area (Å²) >= 11 is 0. The highest BCUT2D eigenvalue weighted by atomic mass is 16.5. The Balaban J connectivity index is 1.66. The highest BCUT2D eigenvalue weighted by Crippen LogP contribution is 2.21. The fourth-order valence-electron chi connectivity index (χ4n) is 2.71. The van der Waals surface area contributed by atoms with Crippen LogP contribution in [0.4, 0.5) is 0 Å². The van der Waals surface area contributed by atoms with Crippen LogP contribution in [-0.2, 0) is 4.79 Å². The Morgan fingerprint density at radius 2 is 1.78 bits per heavy atom. The molecule has 0 aliphatic heterocycles. The zero-order valence-electron chi connectivity index (χ0n) is 15.3. The molecule has 3 aromatic carbocycles. The minimum absolute atomic E-state index is 0.190. The molecule has 0 aliphatic rings. The number of phenolic OH excluding ortho intramolecular Hbond substituents is 1. The van der Waals surface area contributed by atoms with Crippen LogP contribution in [0.5, 0.6) is 11.5 Å². The summed E-state index contributed by atoms with van der Waals surface area (Å²) in [5.41, 5.74) is 4.13. The van der Waals surface area contributed by atoms with Crippen LogP contribution in [0, 0.1) is 0 Å². The number of aromatic hydroxyl groups is 1. The second-order valence-electron chi connectivity index (χ2n) is 6.20. The highest BCUT2D eigenvalue weighted by Gasteiger charge is 2.15. The van der Waals surface area contributed by atoms with Gasteiger partial charge in [-0.1, -0.05) is 37.3 Å². The van der Waals surface area contributed by atoms with Crippen molar-refractivity contribution in [2.45, 2.75) is 26.4 Å². The molecule has 3 aromatic rings. The second-order valence-corrected chi connectivity index (χ2v) is 6.20. The van der Waals surface area contributed by atoms with Crippen molar-refractivity contribution in [1.82, 2.24) is 5.43 Å². The van der Waals surface area contributed by atoms with E-state index in [1.54, 1.807) is 31.2 Å². The molecule has 27 heavy (non-hydrogen) atoms. The molecule has 0 saturated carbocycles. The van der Waals surface area contributed by atoms with Crippen molar-refractivity contribution in [3.63, 3.8) is 0 Å². The number of amides is 1. The smallest absolute Gasteiger partial charge is 0.280 e. The van der Waals surface area contributed by atoms with Crippen LogP contribution >= 0.6 is 0 Å². The van der Waals surface area contributed by atoms with E-state index in [-0.39, 0.29) is 11.7 Å². The van der Waals surface area contributed by atoms with E-state index >= 15 is 0 Å². The summed E-state index contributed by atoms with van der Waals surface area (Å²) in [6, 6.07) is 20.4. The average Bonchev–Trinajstić information content (AvgIpc) is 2.69. The molecule has 138 valence electrons. The predicted octanol–water partition coefficient (Wildman–Crippen LogP) is 4.24. The van der Waals surface area contributed by atoms with Gasteiger partial charge in [0.25, 0.3) is 5.91 Å². The summed E-state index contributed by atoms with van der Waals surface area (Å²) < 4.78 is 5.76. The first kappa shape index (κ1) is 18.5. The fourth-order valence-corrected chi connectivity index (χ4v) is 2.71. The average molecular weight is 362 g/mol. The number of rotatable bonds is 6. The molecule has 0 aromatic heterocycles. The molecule has 2 N–H and O–H groups in total. The van der Waals surface area contributed by atoms with Gasteiger partial charge in [-0.25, -0.2) is 5.43 Å². The number of ether oxygens (including phenoxy) is 1. The Morgan fingerprint density at radius 1 is 1.07 bits per heavy atom. The van der Waals surface area contributed by atoms with Gasteiger partial charge in [-0.05, 0) is 66.1 Å². The lowest BCUT2D eigenvalue weighted by Crippen LogP contribution is -2.34. The maximum Gasteiger partial charge on any atom is 0.280 e. The SMILES string of the molecule is CC/C(=N\NC(=O)[C@@H](C)Oc1ccc2ccccc2c1)c1ccc(O)cc1. The largest absolute Gasteiger partial charge is 0.508 e. The van der Waals surface area contributed by atoms with Crippen molar-refractivity contribution in [2.75, 3.05) is 0 Å². The summed E-state index contributed by atoms with van der Waals surface area (Å²) in [6.45, 7) is 3.64. The Kier molecular flexibility index (Phi) is 5.71. The zero-order chi connectivity index (χ0) is 19.2. The first-order valence-electron chi connectivity index (χ1n) is 8.88. The van der Waals surface area contributed by atoms with Gasteiger partial charge < -0.3 is 9.84 Å². The van der Waals surface area contributed by atoms with E-state index < -0.39 is 6.10 Å². The predicted molar refractivity (Wildman–Crippen MR) is 107 cm³/mol. The molecule has 0 saturated heterocycles. The van der Waals surface area contributed by atoms with Gasteiger partial charge in [0.1, 0.15) is 11.5 Å². The second kappa shape index (κ2) is 8.36. The molecule has 0 spiro atoms. The van der Waals surface area contributed by atoms with Gasteiger partial charge in [0.05, 0.1) is 5.71 Å². The number of hydrazone groups is 1. The molecule has 1 atom stereocenters. The fraction of sp³-hybridized carbons (Fsp3) is 0.182. The number of hydrogen-bond acceptors (Lipinski definition) is 4. The van der Waals surface area contributed by atoms with E-state index in [0.29, 0.717) is 12.2 Å². The standard InChI is InChI=1S/C22H22N2O3/c1-3-21(17-8-11-19(25)12-9-17)23-24-22(26)15(2)27-20-13-10-16-6-4-5-7-18(16)14-20/h4-15,25H,3H2,1-2H3,(H,24,26)/b23-21+/t15-/m1/s1. The summed E-state index contributed by atoms with van der Waals surface area (Å²) in [6.07, 6.45) is -0.0434. The van der Waals surface area contributed by atoms with Gasteiger partial charge in [0.15, 0.2) is 6.10 Å². The highest BCUT2D eigenvalue weighted by molar-refractivity contribution is 6.01. The van der Waals surface area contributed by atoms with Crippen LogP contribution < -0.4 is 10.2 Å². The first-order valence-corrected chi connectivity index (χ1v) is 8.88. The van der Waals surface area contributed by atoms with Gasteiger partial charge in [-0.2, -0.15) is 5.10 Å². The number of carbonyl (C=O) groups is 1. The van der Waals surface area contributed by atoms with Crippen LogP contribution in [0.15, 0.2) is 71.8 Å². The van der Waals surface area contributed by atoms with Crippen molar-refractivity contribution in [3.05, 3.63) is 72.3 Å². The number of benzene rings is 3. The normalized spacial score (nSPS) is 12.6. The minimum Gasteiger partial charge on any atom is -0.508 e. The van der Waals surface area contributed by atoms with Crippen LogP contribution in [0.25, 0.3) is 10.8 Å². The molecule has 1 amide bonds. The number of nitrogens with one attached hydrogen (secondary N) is 1. The van der Waals surface area contributed by atoms with E-state index in [1.165, 1.54) is 0 Å². The van der Waals surface area contributed by atoms with E-state index in [0.717, 1.165) is 22.0 Å². The molecule has 0 radical (unpaired) electrons. The summed E-state index contributed by atoms with van der Waals surface area (Å²) in [5, 5.41) is 15.8. The lowest BCUT2D eigenvalue weighted by Gasteiger charge is -2.14. The maximum atomic E-state index is 12.3. The molecule has 0 unspecified atom stereocenters. The molecule has 0 heterocycles. The lowest BCUT2D eigenvalue weighted by atomic mass is 10.1. The maximum absolute atomic E-state index is 12.3. The number of hydrogen-bond donors (Lipinski definition) is 2. The molecule has 3 rings (SSSR count). The van der Waals surface area contributed by atoms with Crippen molar-refractivity contribution >= 4 is 22.4 Å². The van der Waals surface area contributed by atoms with Crippen molar-refractivity contribution < 1.29 is 14.6 Å². The number of phenols is 1. The third-order valence-electron chi connectivity index (χ3n) is 4.24. The third kappa shape index (κ3) is 4.64. The Hall–Kier alpha value is -3.34. The van der Waals surface area contributed by atoms with Crippen LogP contribution in [0.3, 0.4) is 0 Å². The summed E-state index contributed by atoms with van der Waals surface area (Å²) in [7, 11) is 0. The summed E-state index contributed by atoms with van der Waals surface area (Å²) in [4.78, 5) is 12.3. The Labute approximate surface area is 158 Å². The van der Waals surface area contributed by atoms with Gasteiger partial charge in [0, 0.05) is 0 Å². The van der Waals surface area contributed by atoms with Crippen LogP contribution in [0.1, 0.15) is 25.8 Å². The Morgan fingerprint density at radius 3 is 2.48 bits per heavy atom. The van der Waals surface area contributed by atoms with E-state index in [2.05, 4.69) is 10.5 Å². The topological polar surface area (TPSA) is 70.9 Å². The molecular formula is C22H22N2O3. The summed E-state index contributed by atoms with van der Waals surface area (Å²) in [5.74, 6) is 0.498. The monoisotopic (exact) mass is 362 g/mol. The molecule has 5 nitrogen and oxygen atoms in total. The van der Waals surface area contributed by atoms with Crippen LogP contribution in [0.2, 0.25) is 0 Å². The minimum atomic E-state index is -0.687. The molecule has 0 bridgehead atoms. The first-order chi connectivity index (χ1) is 13.1. The van der Waals surface area contributed by atoms with Crippen molar-refractivity contribution in [3.8, 4) is 11.5 Å². The van der Waals surface area contributed by atoms with Crippen LogP contribution in [-0.4, -0.2) is 22.8 Å². The van der Waals surface area contributed by atoms with Gasteiger partial charge in [-0.15, -0.1) is 0 Å². The zero-order valence-corrected chi connectivity index (χ0v) is 15.3. The number of carbonyl (C=O) groups excluding carboxylic acids is 1. The van der Waals surface area contributed by atoms with E-state index in [4.69, 9.17) is 4.74 Å². The van der Waals surface area contributed by atoms with Gasteiger partial charge >= 0.3 is 0 Å². The third-order valence-corrected chi connectivity index (χ3v) is 4.24. The van der Waals surface area contributed by atoms with Gasteiger partial charge in [-0.3, -0.25) is 4.79 Å². The molecule has 0 fully saturated rings. The number of nitrogens with zero attached hydrogens (tertiary/aromatic N) is 1.